The third-order valence-corrected chi connectivity index (χ3v) is 7.25. The molecule has 0 saturated carbocycles. The first-order valence-electron chi connectivity index (χ1n) is 14.3. The normalized spacial score (nSPS) is 16.3. The molecule has 0 aliphatic heterocycles. The highest BCUT2D eigenvalue weighted by atomic mass is 16.5. The molecule has 0 heterocycles. The summed E-state index contributed by atoms with van der Waals surface area (Å²) in [5.74, 6) is -1.76. The van der Waals surface area contributed by atoms with Gasteiger partial charge in [0.25, 0.3) is 0 Å². The SMILES string of the molecule is CCNC(=O)C(=O)NC(C)C(O)NNC(=O)N(CCNC(=O)OCC1C2=C(CCC=C2)c2ccccc21)c1ccccc1. The summed E-state index contributed by atoms with van der Waals surface area (Å²) < 4.78 is 5.60. The molecule has 2 aliphatic rings. The van der Waals surface area contributed by atoms with Gasteiger partial charge < -0.3 is 25.8 Å². The van der Waals surface area contributed by atoms with Crippen LogP contribution in [0.15, 0.2) is 72.3 Å². The fourth-order valence-corrected chi connectivity index (χ4v) is 5.08. The molecule has 2 aromatic rings. The smallest absolute Gasteiger partial charge is 0.407 e. The molecular formula is C31H38N6O6. The van der Waals surface area contributed by atoms with E-state index in [4.69, 9.17) is 4.74 Å². The molecule has 3 atom stereocenters. The molecule has 0 bridgehead atoms. The van der Waals surface area contributed by atoms with Gasteiger partial charge in [-0.25, -0.2) is 15.0 Å². The van der Waals surface area contributed by atoms with Gasteiger partial charge in [-0.3, -0.25) is 19.9 Å². The number of nitrogens with one attached hydrogen (secondary N) is 5. The van der Waals surface area contributed by atoms with Crippen LogP contribution in [0.5, 0.6) is 0 Å². The van der Waals surface area contributed by atoms with Crippen LogP contribution >= 0.6 is 0 Å². The number of amides is 5. The Morgan fingerprint density at radius 3 is 2.53 bits per heavy atom. The van der Waals surface area contributed by atoms with E-state index in [1.54, 1.807) is 37.3 Å². The van der Waals surface area contributed by atoms with E-state index in [-0.39, 0.29) is 32.2 Å². The fourth-order valence-electron chi connectivity index (χ4n) is 5.08. The molecule has 3 unspecified atom stereocenters. The maximum Gasteiger partial charge on any atom is 0.407 e. The first-order valence-corrected chi connectivity index (χ1v) is 14.3. The van der Waals surface area contributed by atoms with E-state index in [0.717, 1.165) is 18.4 Å². The summed E-state index contributed by atoms with van der Waals surface area (Å²) in [5.41, 5.74) is 10.3. The first-order chi connectivity index (χ1) is 20.8. The summed E-state index contributed by atoms with van der Waals surface area (Å²) in [6.45, 7) is 3.82. The van der Waals surface area contributed by atoms with Crippen LogP contribution in [-0.2, 0) is 14.3 Å². The van der Waals surface area contributed by atoms with Gasteiger partial charge in [0.05, 0.1) is 6.04 Å². The number of rotatable bonds is 11. The number of nitrogens with zero attached hydrogens (tertiary/aromatic N) is 1. The lowest BCUT2D eigenvalue weighted by molar-refractivity contribution is -0.140. The third kappa shape index (κ3) is 7.99. The molecule has 2 aromatic carbocycles. The summed E-state index contributed by atoms with van der Waals surface area (Å²) >= 11 is 0. The van der Waals surface area contributed by atoms with Crippen molar-refractivity contribution in [2.45, 2.75) is 44.9 Å². The zero-order valence-corrected chi connectivity index (χ0v) is 24.3. The number of aliphatic hydroxyl groups is 1. The number of para-hydroxylation sites is 1. The number of benzene rings is 2. The van der Waals surface area contributed by atoms with Gasteiger partial charge in [-0.1, -0.05) is 54.6 Å². The van der Waals surface area contributed by atoms with Crippen LogP contribution in [0.4, 0.5) is 15.3 Å². The number of fused-ring (bicyclic) bond motifs is 2. The first kappa shape index (κ1) is 31.3. The number of allylic oxidation sites excluding steroid dienone is 3. The number of ether oxygens (including phenoxy) is 1. The van der Waals surface area contributed by atoms with Crippen molar-refractivity contribution in [3.63, 3.8) is 0 Å². The van der Waals surface area contributed by atoms with E-state index in [0.29, 0.717) is 5.69 Å². The van der Waals surface area contributed by atoms with Crippen LogP contribution in [-0.4, -0.2) is 67.6 Å². The quantitative estimate of drug-likeness (QED) is 0.133. The zero-order valence-electron chi connectivity index (χ0n) is 24.3. The highest BCUT2D eigenvalue weighted by Crippen LogP contribution is 2.46. The van der Waals surface area contributed by atoms with Gasteiger partial charge in [0, 0.05) is 31.2 Å². The summed E-state index contributed by atoms with van der Waals surface area (Å²) in [6.07, 6.45) is 4.25. The average Bonchev–Trinajstić information content (AvgIpc) is 3.34. The molecule has 0 spiro atoms. The molecule has 228 valence electrons. The standard InChI is InChI=1S/C31H38N6O6/c1-3-32-28(39)29(40)34-20(2)27(38)35-36-30(41)37(21-11-5-4-6-12-21)18-17-33-31(42)43-19-26-24-15-9-7-13-22(24)23-14-8-10-16-25(23)26/h4-7,9-13,15-16,20,26-27,35,38H,3,8,14,17-19H2,1-2H3,(H,32,39)(H,33,42)(H,34,40)(H,36,41). The number of hydrogen-bond acceptors (Lipinski definition) is 7. The summed E-state index contributed by atoms with van der Waals surface area (Å²) in [5, 5.41) is 17.8. The number of likely N-dealkylation sites (N-methyl/N-ethyl adjacent to an activating group) is 1. The molecule has 0 saturated heterocycles. The van der Waals surface area contributed by atoms with E-state index in [1.165, 1.54) is 28.5 Å². The predicted molar refractivity (Wildman–Crippen MR) is 162 cm³/mol. The second-order valence-corrected chi connectivity index (χ2v) is 10.2. The van der Waals surface area contributed by atoms with Crippen molar-refractivity contribution < 1.29 is 29.0 Å². The molecule has 2 aliphatic carbocycles. The molecule has 12 nitrogen and oxygen atoms in total. The van der Waals surface area contributed by atoms with E-state index in [2.05, 4.69) is 51.1 Å². The third-order valence-electron chi connectivity index (χ3n) is 7.25. The molecule has 4 rings (SSSR count). The molecule has 6 N–H and O–H groups in total. The fraction of sp³-hybridized carbons (Fsp3) is 0.355. The van der Waals surface area contributed by atoms with Crippen molar-refractivity contribution in [3.8, 4) is 0 Å². The summed E-state index contributed by atoms with van der Waals surface area (Å²) in [4.78, 5) is 50.6. The topological polar surface area (TPSA) is 161 Å². The minimum atomic E-state index is -1.40. The second-order valence-electron chi connectivity index (χ2n) is 10.2. The summed E-state index contributed by atoms with van der Waals surface area (Å²) in [6, 6.07) is 15.5. The Hall–Kier alpha value is -4.68. The maximum atomic E-state index is 13.0. The minimum Gasteiger partial charge on any atom is -0.449 e. The van der Waals surface area contributed by atoms with Crippen LogP contribution in [0.1, 0.15) is 43.7 Å². The van der Waals surface area contributed by atoms with Crippen molar-refractivity contribution >= 4 is 35.2 Å². The Morgan fingerprint density at radius 2 is 1.77 bits per heavy atom. The molecule has 0 radical (unpaired) electrons. The zero-order chi connectivity index (χ0) is 30.8. The largest absolute Gasteiger partial charge is 0.449 e. The predicted octanol–water partition coefficient (Wildman–Crippen LogP) is 2.29. The maximum absolute atomic E-state index is 13.0. The molecule has 0 fully saturated rings. The number of carbonyl (C=O) groups excluding carboxylic acids is 4. The lowest BCUT2D eigenvalue weighted by Crippen LogP contribution is -2.58. The number of aliphatic hydroxyl groups excluding tert-OH is 1. The number of anilines is 1. The van der Waals surface area contributed by atoms with Gasteiger partial charge in [0.15, 0.2) is 0 Å². The number of hydrogen-bond donors (Lipinski definition) is 6. The number of alkyl carbamates (subject to hydrolysis) is 1. The van der Waals surface area contributed by atoms with E-state index in [1.807, 2.05) is 12.1 Å². The lowest BCUT2D eigenvalue weighted by atomic mass is 9.93. The number of urea groups is 1. The van der Waals surface area contributed by atoms with Gasteiger partial charge in [-0.05, 0) is 61.1 Å². The molecule has 5 amide bonds. The van der Waals surface area contributed by atoms with Crippen LogP contribution in [0.2, 0.25) is 0 Å². The number of carbonyl (C=O) groups is 4. The monoisotopic (exact) mass is 590 g/mol. The Kier molecular flexibility index (Phi) is 10.9. The van der Waals surface area contributed by atoms with Crippen molar-refractivity contribution in [3.05, 3.63) is 83.4 Å². The molecule has 43 heavy (non-hydrogen) atoms. The van der Waals surface area contributed by atoms with Crippen LogP contribution in [0, 0.1) is 0 Å². The van der Waals surface area contributed by atoms with E-state index < -0.39 is 36.2 Å². The van der Waals surface area contributed by atoms with Gasteiger partial charge in [0.2, 0.25) is 0 Å². The summed E-state index contributed by atoms with van der Waals surface area (Å²) in [7, 11) is 0. The van der Waals surface area contributed by atoms with Crippen LogP contribution in [0.25, 0.3) is 5.57 Å². The van der Waals surface area contributed by atoms with Crippen LogP contribution < -0.4 is 31.7 Å². The molecule has 0 aromatic heterocycles. The Balaban J connectivity index is 1.28. The van der Waals surface area contributed by atoms with Gasteiger partial charge in [-0.2, -0.15) is 0 Å². The van der Waals surface area contributed by atoms with Gasteiger partial charge in [-0.15, -0.1) is 0 Å². The lowest BCUT2D eigenvalue weighted by Gasteiger charge is -2.26. The highest BCUT2D eigenvalue weighted by molar-refractivity contribution is 6.35. The second kappa shape index (κ2) is 15.0. The van der Waals surface area contributed by atoms with Crippen molar-refractivity contribution in [1.29, 1.82) is 0 Å². The van der Waals surface area contributed by atoms with Crippen molar-refractivity contribution in [2.75, 3.05) is 31.1 Å². The van der Waals surface area contributed by atoms with E-state index >= 15 is 0 Å². The Morgan fingerprint density at radius 1 is 1.02 bits per heavy atom. The van der Waals surface area contributed by atoms with Crippen LogP contribution in [0.3, 0.4) is 0 Å². The Labute approximate surface area is 250 Å². The van der Waals surface area contributed by atoms with Gasteiger partial charge >= 0.3 is 23.9 Å². The van der Waals surface area contributed by atoms with E-state index in [9.17, 15) is 24.3 Å². The Bertz CT molecular complexity index is 1380. The number of hydrazine groups is 1. The highest BCUT2D eigenvalue weighted by Gasteiger charge is 2.31. The van der Waals surface area contributed by atoms with Crippen molar-refractivity contribution in [2.24, 2.45) is 0 Å². The molecule has 12 heteroatoms. The van der Waals surface area contributed by atoms with Crippen molar-refractivity contribution in [1.82, 2.24) is 26.8 Å². The minimum absolute atomic E-state index is 0.0224. The average molecular weight is 591 g/mol. The molecular weight excluding hydrogens is 552 g/mol. The van der Waals surface area contributed by atoms with Gasteiger partial charge in [0.1, 0.15) is 12.8 Å².